The molecule has 0 bridgehead atoms. The molecular formula is C10H5F3N2O. The summed E-state index contributed by atoms with van der Waals surface area (Å²) in [4.78, 5) is 0. The van der Waals surface area contributed by atoms with Crippen molar-refractivity contribution in [2.24, 2.45) is 0 Å². The molecule has 0 saturated carbocycles. The number of benzene rings is 1. The van der Waals surface area contributed by atoms with E-state index >= 15 is 0 Å². The number of nitriles is 2. The number of phenolic OH excluding ortho intramolecular Hbond substituents is 1. The van der Waals surface area contributed by atoms with Gasteiger partial charge in [0.05, 0.1) is 23.6 Å². The Kier molecular flexibility index (Phi) is 3.05. The van der Waals surface area contributed by atoms with Crippen LogP contribution in [0.1, 0.15) is 16.7 Å². The van der Waals surface area contributed by atoms with Gasteiger partial charge in [0.25, 0.3) is 0 Å². The lowest BCUT2D eigenvalue weighted by Crippen LogP contribution is -2.07. The lowest BCUT2D eigenvalue weighted by molar-refractivity contribution is -0.138. The number of halogens is 3. The Labute approximate surface area is 89.0 Å². The fraction of sp³-hybridized carbons (Fsp3) is 0.200. The molecule has 1 N–H and O–H groups in total. The monoisotopic (exact) mass is 226 g/mol. The minimum Gasteiger partial charge on any atom is -0.506 e. The number of nitrogens with zero attached hydrogens (tertiary/aromatic N) is 2. The van der Waals surface area contributed by atoms with Crippen molar-refractivity contribution in [2.45, 2.75) is 12.6 Å². The first kappa shape index (κ1) is 11.9. The van der Waals surface area contributed by atoms with Crippen LogP contribution in [-0.2, 0) is 12.6 Å². The van der Waals surface area contributed by atoms with Crippen molar-refractivity contribution in [2.75, 3.05) is 0 Å². The first-order chi connectivity index (χ1) is 7.40. The average molecular weight is 226 g/mol. The molecular weight excluding hydrogens is 221 g/mol. The summed E-state index contributed by atoms with van der Waals surface area (Å²) in [5, 5.41) is 26.1. The van der Waals surface area contributed by atoms with E-state index in [9.17, 15) is 18.3 Å². The Balaban J connectivity index is 3.45. The van der Waals surface area contributed by atoms with E-state index in [-0.39, 0.29) is 12.0 Å². The van der Waals surface area contributed by atoms with Gasteiger partial charge in [0.1, 0.15) is 11.8 Å². The molecule has 1 aromatic rings. The summed E-state index contributed by atoms with van der Waals surface area (Å²) in [6.07, 6.45) is -5.00. The molecule has 0 radical (unpaired) electrons. The number of aromatic hydroxyl groups is 1. The maximum atomic E-state index is 12.4. The molecule has 0 spiro atoms. The van der Waals surface area contributed by atoms with Crippen LogP contribution in [0.2, 0.25) is 0 Å². The highest BCUT2D eigenvalue weighted by atomic mass is 19.4. The van der Waals surface area contributed by atoms with Gasteiger partial charge in [-0.15, -0.1) is 0 Å². The van der Waals surface area contributed by atoms with Crippen molar-refractivity contribution in [3.05, 3.63) is 28.8 Å². The molecule has 1 aromatic carbocycles. The summed E-state index contributed by atoms with van der Waals surface area (Å²) in [7, 11) is 0. The van der Waals surface area contributed by atoms with Crippen molar-refractivity contribution in [1.29, 1.82) is 10.5 Å². The zero-order chi connectivity index (χ0) is 12.3. The van der Waals surface area contributed by atoms with Gasteiger partial charge >= 0.3 is 6.18 Å². The van der Waals surface area contributed by atoms with E-state index < -0.39 is 23.1 Å². The number of alkyl halides is 3. The molecule has 0 saturated heterocycles. The lowest BCUT2D eigenvalue weighted by atomic mass is 10.0. The number of rotatable bonds is 1. The van der Waals surface area contributed by atoms with Gasteiger partial charge in [0.15, 0.2) is 0 Å². The summed E-state index contributed by atoms with van der Waals surface area (Å²) < 4.78 is 37.3. The fourth-order valence-electron chi connectivity index (χ4n) is 1.19. The first-order valence-electron chi connectivity index (χ1n) is 4.10. The van der Waals surface area contributed by atoms with Crippen LogP contribution in [0.3, 0.4) is 0 Å². The fourth-order valence-corrected chi connectivity index (χ4v) is 1.19. The third kappa shape index (κ3) is 2.23. The SMILES string of the molecule is N#CCc1cc(C#N)c(O)c(C(F)(F)F)c1. The van der Waals surface area contributed by atoms with Crippen molar-refractivity contribution in [1.82, 2.24) is 0 Å². The molecule has 0 aromatic heterocycles. The third-order valence-corrected chi connectivity index (χ3v) is 1.88. The zero-order valence-electron chi connectivity index (χ0n) is 7.84. The second kappa shape index (κ2) is 4.11. The van der Waals surface area contributed by atoms with Crippen LogP contribution >= 0.6 is 0 Å². The Hall–Kier alpha value is -2.21. The number of phenols is 1. The minimum absolute atomic E-state index is 0.0455. The van der Waals surface area contributed by atoms with E-state index in [1.807, 2.05) is 0 Å². The molecule has 0 aliphatic carbocycles. The molecule has 0 fully saturated rings. The van der Waals surface area contributed by atoms with Crippen molar-refractivity contribution < 1.29 is 18.3 Å². The van der Waals surface area contributed by atoms with Crippen LogP contribution in [0.5, 0.6) is 5.75 Å². The standard InChI is InChI=1S/C10H5F3N2O/c11-10(12,13)8-4-6(1-2-14)3-7(5-15)9(8)16/h3-4,16H,1H2. The Morgan fingerprint density at radius 3 is 2.31 bits per heavy atom. The predicted molar refractivity (Wildman–Crippen MR) is 47.1 cm³/mol. The van der Waals surface area contributed by atoms with Gasteiger partial charge in [-0.2, -0.15) is 23.7 Å². The molecule has 1 rings (SSSR count). The number of hydrogen-bond acceptors (Lipinski definition) is 3. The minimum atomic E-state index is -4.75. The maximum absolute atomic E-state index is 12.4. The molecule has 0 aliphatic rings. The Morgan fingerprint density at radius 1 is 1.25 bits per heavy atom. The van der Waals surface area contributed by atoms with Gasteiger partial charge in [-0.25, -0.2) is 0 Å². The Bertz CT molecular complexity index is 495. The first-order valence-corrected chi connectivity index (χ1v) is 4.10. The number of hydrogen-bond donors (Lipinski definition) is 1. The lowest BCUT2D eigenvalue weighted by Gasteiger charge is -2.11. The summed E-state index contributed by atoms with van der Waals surface area (Å²) in [5.41, 5.74) is -1.74. The summed E-state index contributed by atoms with van der Waals surface area (Å²) in [6.45, 7) is 0. The quantitative estimate of drug-likeness (QED) is 0.799. The molecule has 0 amide bonds. The van der Waals surface area contributed by atoms with Crippen LogP contribution in [0.15, 0.2) is 12.1 Å². The van der Waals surface area contributed by atoms with E-state index in [1.165, 1.54) is 6.07 Å². The predicted octanol–water partition coefficient (Wildman–Crippen LogP) is 2.35. The van der Waals surface area contributed by atoms with Crippen LogP contribution < -0.4 is 0 Å². The van der Waals surface area contributed by atoms with Gasteiger partial charge in [0.2, 0.25) is 0 Å². The third-order valence-electron chi connectivity index (χ3n) is 1.88. The van der Waals surface area contributed by atoms with E-state index in [0.717, 1.165) is 6.07 Å². The van der Waals surface area contributed by atoms with Gasteiger partial charge in [-0.1, -0.05) is 0 Å². The van der Waals surface area contributed by atoms with Crippen molar-refractivity contribution in [3.8, 4) is 17.9 Å². The molecule has 16 heavy (non-hydrogen) atoms. The zero-order valence-corrected chi connectivity index (χ0v) is 7.84. The summed E-state index contributed by atoms with van der Waals surface area (Å²) >= 11 is 0. The van der Waals surface area contributed by atoms with Crippen molar-refractivity contribution >= 4 is 0 Å². The van der Waals surface area contributed by atoms with Crippen LogP contribution in [0.4, 0.5) is 13.2 Å². The largest absolute Gasteiger partial charge is 0.506 e. The van der Waals surface area contributed by atoms with Crippen LogP contribution in [0.25, 0.3) is 0 Å². The van der Waals surface area contributed by atoms with Crippen LogP contribution in [-0.4, -0.2) is 5.11 Å². The van der Waals surface area contributed by atoms with Gasteiger partial charge in [-0.3, -0.25) is 0 Å². The highest BCUT2D eigenvalue weighted by molar-refractivity contribution is 5.51. The second-order valence-electron chi connectivity index (χ2n) is 2.98. The molecule has 6 heteroatoms. The van der Waals surface area contributed by atoms with E-state index in [4.69, 9.17) is 10.5 Å². The van der Waals surface area contributed by atoms with Gasteiger partial charge < -0.3 is 5.11 Å². The van der Waals surface area contributed by atoms with E-state index in [0.29, 0.717) is 6.07 Å². The smallest absolute Gasteiger partial charge is 0.420 e. The molecule has 3 nitrogen and oxygen atoms in total. The normalized spacial score (nSPS) is 10.6. The maximum Gasteiger partial charge on any atom is 0.420 e. The summed E-state index contributed by atoms with van der Waals surface area (Å²) in [5.74, 6) is -1.10. The molecule has 82 valence electrons. The molecule has 0 atom stereocenters. The van der Waals surface area contributed by atoms with E-state index in [2.05, 4.69) is 0 Å². The van der Waals surface area contributed by atoms with Crippen LogP contribution in [0, 0.1) is 22.7 Å². The van der Waals surface area contributed by atoms with E-state index in [1.54, 1.807) is 6.07 Å². The highest BCUT2D eigenvalue weighted by Crippen LogP contribution is 2.38. The average Bonchev–Trinajstić information content (AvgIpc) is 2.19. The molecule has 0 heterocycles. The van der Waals surface area contributed by atoms with Gasteiger partial charge in [-0.05, 0) is 17.7 Å². The summed E-state index contributed by atoms with van der Waals surface area (Å²) in [6, 6.07) is 4.85. The van der Waals surface area contributed by atoms with Crippen molar-refractivity contribution in [3.63, 3.8) is 0 Å². The highest BCUT2D eigenvalue weighted by Gasteiger charge is 2.35. The second-order valence-corrected chi connectivity index (χ2v) is 2.98. The molecule has 0 unspecified atom stereocenters. The molecule has 0 aliphatic heterocycles. The Morgan fingerprint density at radius 2 is 1.88 bits per heavy atom. The van der Waals surface area contributed by atoms with Gasteiger partial charge in [0, 0.05) is 0 Å². The topological polar surface area (TPSA) is 67.8 Å².